The van der Waals surface area contributed by atoms with Crippen LogP contribution < -0.4 is 43.4 Å². The second-order valence-corrected chi connectivity index (χ2v) is 0. The summed E-state index contributed by atoms with van der Waals surface area (Å²) in [5, 5.41) is 0. The molecule has 0 atom stereocenters. The van der Waals surface area contributed by atoms with Gasteiger partial charge in [-0.15, -0.1) is 0 Å². The normalized spacial score (nSPS) is 0. The Labute approximate surface area is 64.4 Å². The number of rotatable bonds is 0. The molecule has 0 bridgehead atoms. The van der Waals surface area contributed by atoms with Crippen LogP contribution in [0.4, 0.5) is 0 Å². The first-order valence-electron chi connectivity index (χ1n) is 0. The van der Waals surface area contributed by atoms with Gasteiger partial charge in [0.1, 0.15) is 0 Å². The number of hydrogen-bond acceptors (Lipinski definition) is 1. The van der Waals surface area contributed by atoms with Crippen molar-refractivity contribution in [1.29, 1.82) is 0 Å². The van der Waals surface area contributed by atoms with E-state index in [2.05, 4.69) is 0 Å². The summed E-state index contributed by atoms with van der Waals surface area (Å²) < 4.78 is 0. The number of halogens is 3. The first kappa shape index (κ1) is 86.1. The largest absolute Gasteiger partial charge is 1.00 e. The summed E-state index contributed by atoms with van der Waals surface area (Å²) in [5.41, 5.74) is 0. The molecule has 0 amide bonds. The Kier molecular flexibility index (Phi) is 842. The van der Waals surface area contributed by atoms with Crippen LogP contribution in [-0.2, 0) is 21.1 Å². The van der Waals surface area contributed by atoms with E-state index in [9.17, 15) is 0 Å². The average Bonchev–Trinajstić information content (AvgIpc) is 0. The van der Waals surface area contributed by atoms with Gasteiger partial charge >= 0.3 is 0 Å². The molecular formula is H3Cl3NPt-3. The standard InChI is InChI=1S/3ClH.H3N.Pt/h3*1H;1H3;/p-3. The van der Waals surface area contributed by atoms with E-state index in [0.717, 1.165) is 0 Å². The maximum atomic E-state index is 0. The molecule has 0 aromatic heterocycles. The van der Waals surface area contributed by atoms with Gasteiger partial charge in [0, 0.05) is 21.1 Å². The van der Waals surface area contributed by atoms with Crippen molar-refractivity contribution in [1.82, 2.24) is 6.15 Å². The maximum Gasteiger partial charge on any atom is 0 e. The van der Waals surface area contributed by atoms with Gasteiger partial charge in [0.2, 0.25) is 0 Å². The molecule has 0 rings (SSSR count). The van der Waals surface area contributed by atoms with Crippen molar-refractivity contribution in [3.8, 4) is 0 Å². The summed E-state index contributed by atoms with van der Waals surface area (Å²) >= 11 is 0. The Morgan fingerprint density at radius 3 is 0.600 bits per heavy atom. The molecule has 0 saturated carbocycles. The van der Waals surface area contributed by atoms with Crippen LogP contribution in [0.25, 0.3) is 0 Å². The minimum Gasteiger partial charge on any atom is -1.00 e. The molecular weight excluding hydrogens is 315 g/mol. The van der Waals surface area contributed by atoms with Gasteiger partial charge in [-0.3, -0.25) is 0 Å². The topological polar surface area (TPSA) is 35.0 Å². The van der Waals surface area contributed by atoms with Gasteiger partial charge in [0.25, 0.3) is 0 Å². The smallest absolute Gasteiger partial charge is 0 e. The minimum absolute atomic E-state index is 0. The van der Waals surface area contributed by atoms with E-state index in [1.54, 1.807) is 0 Å². The van der Waals surface area contributed by atoms with Crippen molar-refractivity contribution in [2.24, 2.45) is 0 Å². The average molecular weight is 318 g/mol. The molecule has 0 unspecified atom stereocenters. The van der Waals surface area contributed by atoms with Crippen LogP contribution in [0.5, 0.6) is 0 Å². The zero-order valence-electron chi connectivity index (χ0n) is 2.16. The first-order valence-corrected chi connectivity index (χ1v) is 0. The third-order valence-corrected chi connectivity index (χ3v) is 0. The molecule has 3 N–H and O–H groups in total. The van der Waals surface area contributed by atoms with E-state index in [1.807, 2.05) is 0 Å². The van der Waals surface area contributed by atoms with Gasteiger partial charge in [-0.1, -0.05) is 0 Å². The second kappa shape index (κ2) is 48.9. The Hall–Kier alpha value is 1.52. The third kappa shape index (κ3) is 29.6. The molecule has 5 heteroatoms. The van der Waals surface area contributed by atoms with Crippen molar-refractivity contribution < 1.29 is 58.3 Å². The molecule has 0 spiro atoms. The van der Waals surface area contributed by atoms with Crippen LogP contribution in [0.1, 0.15) is 0 Å². The van der Waals surface area contributed by atoms with Crippen LogP contribution in [0, 0.1) is 0 Å². The van der Waals surface area contributed by atoms with E-state index in [4.69, 9.17) is 0 Å². The zero-order chi connectivity index (χ0) is 0. The van der Waals surface area contributed by atoms with E-state index in [-0.39, 0.29) is 64.4 Å². The van der Waals surface area contributed by atoms with Gasteiger partial charge in [0.05, 0.1) is 0 Å². The van der Waals surface area contributed by atoms with Crippen molar-refractivity contribution in [3.63, 3.8) is 0 Å². The zero-order valence-corrected chi connectivity index (χ0v) is 6.70. The summed E-state index contributed by atoms with van der Waals surface area (Å²) in [7, 11) is 0. The van der Waals surface area contributed by atoms with Crippen molar-refractivity contribution in [2.45, 2.75) is 0 Å². The molecule has 0 fully saturated rings. The molecule has 42 valence electrons. The molecule has 0 aromatic rings. The van der Waals surface area contributed by atoms with Gasteiger partial charge in [0.15, 0.2) is 0 Å². The summed E-state index contributed by atoms with van der Waals surface area (Å²) in [4.78, 5) is 0. The van der Waals surface area contributed by atoms with E-state index >= 15 is 0 Å². The Morgan fingerprint density at radius 2 is 0.600 bits per heavy atom. The van der Waals surface area contributed by atoms with E-state index < -0.39 is 0 Å². The van der Waals surface area contributed by atoms with Crippen molar-refractivity contribution >= 4 is 0 Å². The summed E-state index contributed by atoms with van der Waals surface area (Å²) in [6, 6.07) is 0. The summed E-state index contributed by atoms with van der Waals surface area (Å²) in [6.45, 7) is 0. The van der Waals surface area contributed by atoms with Crippen molar-refractivity contribution in [3.05, 3.63) is 0 Å². The number of hydrogen-bond donors (Lipinski definition) is 1. The van der Waals surface area contributed by atoms with Crippen LogP contribution in [0.2, 0.25) is 0 Å². The predicted octanol–water partition coefficient (Wildman–Crippen LogP) is -8.83. The van der Waals surface area contributed by atoms with E-state index in [1.165, 1.54) is 0 Å². The maximum absolute atomic E-state index is 0. The second-order valence-electron chi connectivity index (χ2n) is 0. The third-order valence-electron chi connectivity index (χ3n) is 0. The van der Waals surface area contributed by atoms with Crippen LogP contribution >= 0.6 is 0 Å². The SMILES string of the molecule is N.[Cl-].[Cl-].[Cl-].[Pt]. The van der Waals surface area contributed by atoms with Crippen LogP contribution in [0.15, 0.2) is 0 Å². The molecule has 0 saturated heterocycles. The summed E-state index contributed by atoms with van der Waals surface area (Å²) in [5.74, 6) is 0. The Bertz CT molecular complexity index is 6.85. The molecule has 0 aromatic carbocycles. The summed E-state index contributed by atoms with van der Waals surface area (Å²) in [6.07, 6.45) is 0. The molecule has 0 aliphatic rings. The van der Waals surface area contributed by atoms with Crippen LogP contribution in [-0.4, -0.2) is 0 Å². The van der Waals surface area contributed by atoms with E-state index in [0.29, 0.717) is 0 Å². The molecule has 1 nitrogen and oxygen atoms in total. The molecule has 0 heterocycles. The fraction of sp³-hybridized carbons (Fsp3) is 0. The molecule has 5 heavy (non-hydrogen) atoms. The van der Waals surface area contributed by atoms with Crippen LogP contribution in [0.3, 0.4) is 0 Å². The Balaban J connectivity index is 0. The molecule has 0 aliphatic carbocycles. The predicted molar refractivity (Wildman–Crippen MR) is 5.02 cm³/mol. The molecule has 0 radical (unpaired) electrons. The molecule has 0 aliphatic heterocycles. The van der Waals surface area contributed by atoms with Gasteiger partial charge < -0.3 is 43.4 Å². The first-order chi connectivity index (χ1) is 0. The fourth-order valence-electron chi connectivity index (χ4n) is 0. The van der Waals surface area contributed by atoms with Gasteiger partial charge in [-0.25, -0.2) is 0 Å². The van der Waals surface area contributed by atoms with Gasteiger partial charge in [-0.05, 0) is 0 Å². The van der Waals surface area contributed by atoms with Crippen molar-refractivity contribution in [2.75, 3.05) is 0 Å². The monoisotopic (exact) mass is 317 g/mol. The van der Waals surface area contributed by atoms with Gasteiger partial charge in [-0.2, -0.15) is 0 Å². The minimum atomic E-state index is 0. The Morgan fingerprint density at radius 1 is 0.600 bits per heavy atom. The quantitative estimate of drug-likeness (QED) is 0.473. The fourth-order valence-corrected chi connectivity index (χ4v) is 0.